The van der Waals surface area contributed by atoms with Gasteiger partial charge in [0.2, 0.25) is 5.91 Å². The van der Waals surface area contributed by atoms with Gasteiger partial charge in [-0.15, -0.1) is 0 Å². The number of aromatic nitrogens is 1. The normalized spacial score (nSPS) is 14.3. The van der Waals surface area contributed by atoms with Crippen LogP contribution in [-0.4, -0.2) is 42.0 Å². The van der Waals surface area contributed by atoms with Gasteiger partial charge in [0.05, 0.1) is 0 Å². The first-order valence-electron chi connectivity index (χ1n) is 14.1. The first-order valence-corrected chi connectivity index (χ1v) is 14.1. The molecule has 6 rings (SSSR count). The van der Waals surface area contributed by atoms with E-state index < -0.39 is 0 Å². The first kappa shape index (κ1) is 25.8. The second-order valence-electron chi connectivity index (χ2n) is 10.5. The van der Waals surface area contributed by atoms with E-state index >= 15 is 0 Å². The summed E-state index contributed by atoms with van der Waals surface area (Å²) in [6.07, 6.45) is 2.48. The van der Waals surface area contributed by atoms with E-state index in [-0.39, 0.29) is 11.8 Å². The van der Waals surface area contributed by atoms with Crippen molar-refractivity contribution in [3.63, 3.8) is 0 Å². The highest BCUT2D eigenvalue weighted by Gasteiger charge is 2.27. The van der Waals surface area contributed by atoms with Gasteiger partial charge in [-0.25, -0.2) is 0 Å². The molecule has 202 valence electrons. The van der Waals surface area contributed by atoms with E-state index in [4.69, 9.17) is 4.74 Å². The summed E-state index contributed by atoms with van der Waals surface area (Å²) in [6, 6.07) is 35.2. The summed E-state index contributed by atoms with van der Waals surface area (Å²) in [5.41, 5.74) is 6.97. The molecule has 5 heteroatoms. The quantitative estimate of drug-likeness (QED) is 0.237. The summed E-state index contributed by atoms with van der Waals surface area (Å²) in [5, 5.41) is 1.15. The van der Waals surface area contributed by atoms with Gasteiger partial charge in [-0.3, -0.25) is 4.79 Å². The molecule has 0 radical (unpaired) electrons. The molecule has 0 spiro atoms. The van der Waals surface area contributed by atoms with Crippen LogP contribution >= 0.6 is 0 Å². The van der Waals surface area contributed by atoms with E-state index in [9.17, 15) is 4.79 Å². The predicted molar refractivity (Wildman–Crippen MR) is 162 cm³/mol. The number of amides is 1. The minimum Gasteiger partial charge on any atom is -0.489 e. The van der Waals surface area contributed by atoms with Crippen molar-refractivity contribution >= 4 is 22.5 Å². The fraction of sp³-hybridized carbons (Fsp3) is 0.229. The topological polar surface area (TPSA) is 48.6 Å². The van der Waals surface area contributed by atoms with Gasteiger partial charge in [-0.2, -0.15) is 0 Å². The second-order valence-corrected chi connectivity index (χ2v) is 10.5. The molecule has 0 saturated carbocycles. The van der Waals surface area contributed by atoms with Crippen molar-refractivity contribution in [2.75, 3.05) is 31.1 Å². The number of aryl methyl sites for hydroxylation is 1. The summed E-state index contributed by atoms with van der Waals surface area (Å²) in [4.78, 5) is 21.6. The van der Waals surface area contributed by atoms with Crippen LogP contribution in [0.25, 0.3) is 10.9 Å². The molecule has 5 nitrogen and oxygen atoms in total. The number of fused-ring (bicyclic) bond motifs is 1. The number of carbonyl (C=O) groups is 1. The molecule has 4 aromatic carbocycles. The number of para-hydroxylation sites is 2. The molecule has 1 N–H and O–H groups in total. The van der Waals surface area contributed by atoms with Gasteiger partial charge in [0.25, 0.3) is 0 Å². The van der Waals surface area contributed by atoms with Gasteiger partial charge in [-0.05, 0) is 53.4 Å². The summed E-state index contributed by atoms with van der Waals surface area (Å²) in [7, 11) is 0. The number of hydrogen-bond donors (Lipinski definition) is 1. The van der Waals surface area contributed by atoms with Crippen molar-refractivity contribution in [3.8, 4) is 5.75 Å². The molecule has 1 aromatic heterocycles. The highest BCUT2D eigenvalue weighted by atomic mass is 16.5. The number of aromatic amines is 1. The predicted octanol–water partition coefficient (Wildman–Crippen LogP) is 6.93. The van der Waals surface area contributed by atoms with E-state index in [0.29, 0.717) is 13.0 Å². The van der Waals surface area contributed by atoms with E-state index in [1.807, 2.05) is 41.3 Å². The Morgan fingerprint density at radius 3 is 2.42 bits per heavy atom. The number of H-pyrrole nitrogens is 1. The Balaban J connectivity index is 1.22. The number of nitrogens with zero attached hydrogens (tertiary/aromatic N) is 2. The molecule has 1 amide bonds. The molecule has 0 bridgehead atoms. The summed E-state index contributed by atoms with van der Waals surface area (Å²) in [6.45, 7) is 5.80. The Hall–Kier alpha value is -4.51. The lowest BCUT2D eigenvalue weighted by Crippen LogP contribution is -2.49. The van der Waals surface area contributed by atoms with Crippen molar-refractivity contribution < 1.29 is 9.53 Å². The van der Waals surface area contributed by atoms with E-state index in [2.05, 4.69) is 89.7 Å². The number of piperazine rings is 1. The number of carbonyl (C=O) groups excluding carboxylic acids is 1. The van der Waals surface area contributed by atoms with Crippen LogP contribution in [-0.2, 0) is 11.4 Å². The maximum Gasteiger partial charge on any atom is 0.223 e. The molecule has 40 heavy (non-hydrogen) atoms. The first-order chi connectivity index (χ1) is 19.7. The maximum absolute atomic E-state index is 13.8. The summed E-state index contributed by atoms with van der Waals surface area (Å²) >= 11 is 0. The van der Waals surface area contributed by atoms with Gasteiger partial charge in [0, 0.05) is 61.3 Å². The Bertz CT molecular complexity index is 1580. The Labute approximate surface area is 236 Å². The van der Waals surface area contributed by atoms with Gasteiger partial charge in [0.15, 0.2) is 0 Å². The van der Waals surface area contributed by atoms with Crippen LogP contribution < -0.4 is 9.64 Å². The van der Waals surface area contributed by atoms with Crippen molar-refractivity contribution in [3.05, 3.63) is 132 Å². The molecule has 1 aliphatic rings. The third kappa shape index (κ3) is 5.59. The van der Waals surface area contributed by atoms with E-state index in [1.54, 1.807) is 0 Å². The summed E-state index contributed by atoms with van der Waals surface area (Å²) in [5.74, 6) is 0.916. The van der Waals surface area contributed by atoms with Gasteiger partial charge in [0.1, 0.15) is 12.4 Å². The Morgan fingerprint density at radius 2 is 1.60 bits per heavy atom. The zero-order valence-electron chi connectivity index (χ0n) is 22.9. The molecule has 1 atom stereocenters. The van der Waals surface area contributed by atoms with Crippen molar-refractivity contribution in [2.45, 2.75) is 25.9 Å². The van der Waals surface area contributed by atoms with Crippen LogP contribution in [0.4, 0.5) is 5.69 Å². The minimum atomic E-state index is -0.0849. The third-order valence-electron chi connectivity index (χ3n) is 7.97. The number of benzene rings is 4. The zero-order chi connectivity index (χ0) is 27.3. The molecule has 5 aromatic rings. The van der Waals surface area contributed by atoms with Crippen molar-refractivity contribution in [1.29, 1.82) is 0 Å². The van der Waals surface area contributed by atoms with Gasteiger partial charge in [-0.1, -0.05) is 78.9 Å². The fourth-order valence-electron chi connectivity index (χ4n) is 5.77. The average molecular weight is 530 g/mol. The lowest BCUT2D eigenvalue weighted by Gasteiger charge is -2.37. The number of nitrogens with one attached hydrogen (secondary N) is 1. The number of ether oxygens (including phenoxy) is 1. The SMILES string of the molecule is Cc1ccccc1N1CCN(C(=O)CC(c2cccc(OCc3ccccc3)c2)c2c[nH]c3ccccc23)CC1. The highest BCUT2D eigenvalue weighted by molar-refractivity contribution is 5.86. The highest BCUT2D eigenvalue weighted by Crippen LogP contribution is 2.35. The molecule has 0 aliphatic carbocycles. The van der Waals surface area contributed by atoms with Crippen LogP contribution in [0.5, 0.6) is 5.75 Å². The molecule has 1 saturated heterocycles. The molecule has 2 heterocycles. The number of hydrogen-bond acceptors (Lipinski definition) is 3. The minimum absolute atomic E-state index is 0.0849. The smallest absolute Gasteiger partial charge is 0.223 e. The number of rotatable bonds is 8. The Kier molecular flexibility index (Phi) is 7.53. The van der Waals surface area contributed by atoms with Crippen LogP contribution in [0.1, 0.15) is 34.6 Å². The second kappa shape index (κ2) is 11.7. The van der Waals surface area contributed by atoms with Crippen LogP contribution in [0.3, 0.4) is 0 Å². The van der Waals surface area contributed by atoms with Gasteiger partial charge >= 0.3 is 0 Å². The van der Waals surface area contributed by atoms with Crippen molar-refractivity contribution in [1.82, 2.24) is 9.88 Å². The van der Waals surface area contributed by atoms with E-state index in [0.717, 1.165) is 59.5 Å². The largest absolute Gasteiger partial charge is 0.489 e. The van der Waals surface area contributed by atoms with Crippen LogP contribution in [0.15, 0.2) is 109 Å². The molecule has 1 aliphatic heterocycles. The lowest BCUT2D eigenvalue weighted by molar-refractivity contribution is -0.131. The molecular weight excluding hydrogens is 494 g/mol. The molecule has 1 fully saturated rings. The van der Waals surface area contributed by atoms with E-state index in [1.165, 1.54) is 11.3 Å². The van der Waals surface area contributed by atoms with Crippen LogP contribution in [0, 0.1) is 6.92 Å². The average Bonchev–Trinajstić information content (AvgIpc) is 3.44. The maximum atomic E-state index is 13.8. The molecule has 1 unspecified atom stereocenters. The van der Waals surface area contributed by atoms with Gasteiger partial charge < -0.3 is 19.5 Å². The third-order valence-corrected chi connectivity index (χ3v) is 7.97. The number of anilines is 1. The lowest BCUT2D eigenvalue weighted by atomic mass is 9.87. The Morgan fingerprint density at radius 1 is 0.850 bits per heavy atom. The monoisotopic (exact) mass is 529 g/mol. The zero-order valence-corrected chi connectivity index (χ0v) is 22.9. The van der Waals surface area contributed by atoms with Crippen LogP contribution in [0.2, 0.25) is 0 Å². The fourth-order valence-corrected chi connectivity index (χ4v) is 5.77. The molecular formula is C35H35N3O2. The summed E-state index contributed by atoms with van der Waals surface area (Å²) < 4.78 is 6.16. The standard InChI is InChI=1S/C35H35N3O2/c1-26-10-5-8-17-34(26)37-18-20-38(21-19-37)35(39)23-31(32-24-36-33-16-7-6-15-30(32)33)28-13-9-14-29(22-28)40-25-27-11-3-2-4-12-27/h2-17,22,24,31,36H,18-21,23,25H2,1H3. The van der Waals surface area contributed by atoms with Crippen molar-refractivity contribution in [2.24, 2.45) is 0 Å².